The van der Waals surface area contributed by atoms with Crippen molar-refractivity contribution in [2.75, 3.05) is 14.1 Å². The molecule has 4 nitrogen and oxygen atoms in total. The van der Waals surface area contributed by atoms with Crippen molar-refractivity contribution in [3.63, 3.8) is 0 Å². The largest absolute Gasteiger partial charge is 0.345 e. The molecule has 1 aromatic heterocycles. The molecule has 0 atom stereocenters. The van der Waals surface area contributed by atoms with Gasteiger partial charge in [0.25, 0.3) is 5.91 Å². The van der Waals surface area contributed by atoms with Crippen molar-refractivity contribution in [3.05, 3.63) is 52.8 Å². The molecule has 2 rings (SSSR count). The lowest BCUT2D eigenvalue weighted by atomic mass is 10.2. The highest BCUT2D eigenvalue weighted by molar-refractivity contribution is 6.31. The topological polar surface area (TPSA) is 38.1 Å². The minimum atomic E-state index is -0.0552. The van der Waals surface area contributed by atoms with E-state index in [-0.39, 0.29) is 5.91 Å². The van der Waals surface area contributed by atoms with E-state index in [0.717, 1.165) is 5.56 Å². The number of carbonyl (C=O) groups is 1. The third kappa shape index (κ3) is 2.71. The monoisotopic (exact) mass is 263 g/mol. The van der Waals surface area contributed by atoms with Crippen molar-refractivity contribution < 1.29 is 4.79 Å². The van der Waals surface area contributed by atoms with Gasteiger partial charge in [0.1, 0.15) is 0 Å². The number of amides is 1. The standard InChI is InChI=1S/C13H14ClN3O/c1-16(2)13(18)11-7-15-17(9-11)8-10-5-3-4-6-12(10)14/h3-7,9H,8H2,1-2H3. The second-order valence-corrected chi connectivity index (χ2v) is 4.62. The predicted molar refractivity (Wildman–Crippen MR) is 70.8 cm³/mol. The molecule has 5 heteroatoms. The summed E-state index contributed by atoms with van der Waals surface area (Å²) >= 11 is 6.08. The van der Waals surface area contributed by atoms with Gasteiger partial charge in [0, 0.05) is 25.3 Å². The first-order chi connectivity index (χ1) is 8.58. The fourth-order valence-corrected chi connectivity index (χ4v) is 1.82. The summed E-state index contributed by atoms with van der Waals surface area (Å²) in [6.45, 7) is 0.556. The first-order valence-electron chi connectivity index (χ1n) is 5.55. The number of rotatable bonds is 3. The molecule has 0 N–H and O–H groups in total. The van der Waals surface area contributed by atoms with Gasteiger partial charge in [-0.05, 0) is 11.6 Å². The summed E-state index contributed by atoms with van der Waals surface area (Å²) in [4.78, 5) is 13.2. The molecule has 2 aromatic rings. The molecular weight excluding hydrogens is 250 g/mol. The van der Waals surface area contributed by atoms with Crippen LogP contribution < -0.4 is 0 Å². The number of carbonyl (C=O) groups excluding carboxylic acids is 1. The van der Waals surface area contributed by atoms with Gasteiger partial charge < -0.3 is 4.90 Å². The van der Waals surface area contributed by atoms with E-state index in [0.29, 0.717) is 17.1 Å². The average molecular weight is 264 g/mol. The summed E-state index contributed by atoms with van der Waals surface area (Å²) < 4.78 is 1.71. The Morgan fingerprint density at radius 2 is 2.11 bits per heavy atom. The molecule has 0 fully saturated rings. The zero-order chi connectivity index (χ0) is 13.1. The van der Waals surface area contributed by atoms with Gasteiger partial charge in [-0.1, -0.05) is 29.8 Å². The molecule has 0 aliphatic carbocycles. The molecule has 18 heavy (non-hydrogen) atoms. The Kier molecular flexibility index (Phi) is 3.67. The van der Waals surface area contributed by atoms with Crippen LogP contribution in [0.3, 0.4) is 0 Å². The van der Waals surface area contributed by atoms with Crippen LogP contribution in [0, 0.1) is 0 Å². The fraction of sp³-hybridized carbons (Fsp3) is 0.231. The molecule has 0 radical (unpaired) electrons. The SMILES string of the molecule is CN(C)C(=O)c1cnn(Cc2ccccc2Cl)c1. The Balaban J connectivity index is 2.17. The lowest BCUT2D eigenvalue weighted by Gasteiger charge is -2.07. The summed E-state index contributed by atoms with van der Waals surface area (Å²) in [6, 6.07) is 7.59. The Morgan fingerprint density at radius 3 is 2.78 bits per heavy atom. The maximum absolute atomic E-state index is 11.7. The summed E-state index contributed by atoms with van der Waals surface area (Å²) in [5, 5.41) is 4.87. The number of benzene rings is 1. The second-order valence-electron chi connectivity index (χ2n) is 4.22. The van der Waals surface area contributed by atoms with E-state index in [4.69, 9.17) is 11.6 Å². The summed E-state index contributed by atoms with van der Waals surface area (Å²) in [7, 11) is 3.43. The molecule has 1 aromatic carbocycles. The van der Waals surface area contributed by atoms with Gasteiger partial charge in [-0.3, -0.25) is 9.48 Å². The zero-order valence-corrected chi connectivity index (χ0v) is 11.1. The first kappa shape index (κ1) is 12.6. The Bertz CT molecular complexity index is 563. The minimum Gasteiger partial charge on any atom is -0.345 e. The van der Waals surface area contributed by atoms with E-state index in [9.17, 15) is 4.79 Å². The van der Waals surface area contributed by atoms with Crippen LogP contribution in [0.25, 0.3) is 0 Å². The average Bonchev–Trinajstić information content (AvgIpc) is 2.79. The quantitative estimate of drug-likeness (QED) is 0.852. The highest BCUT2D eigenvalue weighted by Gasteiger charge is 2.10. The Morgan fingerprint density at radius 1 is 1.39 bits per heavy atom. The van der Waals surface area contributed by atoms with Gasteiger partial charge in [0.05, 0.1) is 18.3 Å². The smallest absolute Gasteiger partial charge is 0.256 e. The number of halogens is 1. The van der Waals surface area contributed by atoms with Crippen molar-refractivity contribution in [2.24, 2.45) is 0 Å². The van der Waals surface area contributed by atoms with Crippen LogP contribution in [-0.4, -0.2) is 34.7 Å². The predicted octanol–water partition coefficient (Wildman–Crippen LogP) is 2.29. The van der Waals surface area contributed by atoms with Crippen molar-refractivity contribution in [3.8, 4) is 0 Å². The van der Waals surface area contributed by atoms with Crippen molar-refractivity contribution in [2.45, 2.75) is 6.54 Å². The number of hydrogen-bond acceptors (Lipinski definition) is 2. The molecule has 0 saturated carbocycles. The fourth-order valence-electron chi connectivity index (χ4n) is 1.62. The molecule has 0 aliphatic rings. The van der Waals surface area contributed by atoms with Crippen LogP contribution in [0.2, 0.25) is 5.02 Å². The van der Waals surface area contributed by atoms with Crippen molar-refractivity contribution in [1.82, 2.24) is 14.7 Å². The Labute approximate surface area is 111 Å². The molecule has 0 bridgehead atoms. The van der Waals surface area contributed by atoms with E-state index in [1.54, 1.807) is 31.2 Å². The number of hydrogen-bond donors (Lipinski definition) is 0. The first-order valence-corrected chi connectivity index (χ1v) is 5.93. The molecule has 0 unspecified atom stereocenters. The van der Waals surface area contributed by atoms with Gasteiger partial charge in [0.15, 0.2) is 0 Å². The summed E-state index contributed by atoms with van der Waals surface area (Å²) in [5.74, 6) is -0.0552. The maximum Gasteiger partial charge on any atom is 0.256 e. The van der Waals surface area contributed by atoms with Gasteiger partial charge in [0.2, 0.25) is 0 Å². The van der Waals surface area contributed by atoms with E-state index < -0.39 is 0 Å². The van der Waals surface area contributed by atoms with Crippen LogP contribution in [0.4, 0.5) is 0 Å². The van der Waals surface area contributed by atoms with Crippen molar-refractivity contribution >= 4 is 17.5 Å². The van der Waals surface area contributed by atoms with Crippen molar-refractivity contribution in [1.29, 1.82) is 0 Å². The molecular formula is C13H14ClN3O. The zero-order valence-electron chi connectivity index (χ0n) is 10.3. The lowest BCUT2D eigenvalue weighted by molar-refractivity contribution is 0.0827. The van der Waals surface area contributed by atoms with E-state index in [1.807, 2.05) is 24.3 Å². The lowest BCUT2D eigenvalue weighted by Crippen LogP contribution is -2.21. The van der Waals surface area contributed by atoms with Crippen LogP contribution in [0.1, 0.15) is 15.9 Å². The second kappa shape index (κ2) is 5.23. The van der Waals surface area contributed by atoms with E-state index in [2.05, 4.69) is 5.10 Å². The maximum atomic E-state index is 11.7. The number of aromatic nitrogens is 2. The molecule has 0 spiro atoms. The normalized spacial score (nSPS) is 10.4. The number of nitrogens with zero attached hydrogens (tertiary/aromatic N) is 3. The van der Waals surface area contributed by atoms with Gasteiger partial charge in [-0.15, -0.1) is 0 Å². The van der Waals surface area contributed by atoms with Crippen LogP contribution in [0.15, 0.2) is 36.7 Å². The minimum absolute atomic E-state index is 0.0552. The van der Waals surface area contributed by atoms with Gasteiger partial charge in [-0.25, -0.2) is 0 Å². The molecule has 0 aliphatic heterocycles. The van der Waals surface area contributed by atoms with E-state index >= 15 is 0 Å². The third-order valence-electron chi connectivity index (χ3n) is 2.58. The van der Waals surface area contributed by atoms with Crippen LogP contribution >= 0.6 is 11.6 Å². The van der Waals surface area contributed by atoms with Gasteiger partial charge >= 0.3 is 0 Å². The third-order valence-corrected chi connectivity index (χ3v) is 2.95. The Hall–Kier alpha value is -1.81. The highest BCUT2D eigenvalue weighted by Crippen LogP contribution is 2.16. The summed E-state index contributed by atoms with van der Waals surface area (Å²) in [6.07, 6.45) is 3.30. The molecule has 1 amide bonds. The van der Waals surface area contributed by atoms with Crippen LogP contribution in [-0.2, 0) is 6.54 Å². The highest BCUT2D eigenvalue weighted by atomic mass is 35.5. The van der Waals surface area contributed by atoms with E-state index in [1.165, 1.54) is 4.90 Å². The summed E-state index contributed by atoms with van der Waals surface area (Å²) in [5.41, 5.74) is 1.55. The molecule has 0 saturated heterocycles. The molecule has 1 heterocycles. The van der Waals surface area contributed by atoms with Crippen LogP contribution in [0.5, 0.6) is 0 Å². The van der Waals surface area contributed by atoms with Gasteiger partial charge in [-0.2, -0.15) is 5.10 Å². The molecule has 94 valence electrons.